The predicted molar refractivity (Wildman–Crippen MR) is 70.9 cm³/mol. The van der Waals surface area contributed by atoms with Gasteiger partial charge in [-0.1, -0.05) is 19.8 Å². The molecule has 5 heteroatoms. The molecule has 0 radical (unpaired) electrons. The second-order valence-corrected chi connectivity index (χ2v) is 4.12. The van der Waals surface area contributed by atoms with Crippen molar-refractivity contribution in [3.05, 3.63) is 29.8 Å². The van der Waals surface area contributed by atoms with Crippen LogP contribution in [0, 0.1) is 0 Å². The highest BCUT2D eigenvalue weighted by Gasteiger charge is 2.08. The number of nitrogens with two attached hydrogens (primary N) is 1. The van der Waals surface area contributed by atoms with E-state index in [1.54, 1.807) is 24.3 Å². The van der Waals surface area contributed by atoms with Crippen LogP contribution in [-0.4, -0.2) is 25.1 Å². The molecule has 1 aromatic carbocycles. The maximum atomic E-state index is 11.5. The van der Waals surface area contributed by atoms with Gasteiger partial charge in [0.1, 0.15) is 5.75 Å². The van der Waals surface area contributed by atoms with Crippen molar-refractivity contribution in [3.8, 4) is 5.75 Å². The van der Waals surface area contributed by atoms with Crippen LogP contribution in [-0.2, 0) is 9.53 Å². The average Bonchev–Trinajstić information content (AvgIpc) is 2.41. The molecule has 0 unspecified atom stereocenters. The minimum Gasteiger partial charge on any atom is -0.494 e. The van der Waals surface area contributed by atoms with E-state index < -0.39 is 18.5 Å². The summed E-state index contributed by atoms with van der Waals surface area (Å²) in [6.45, 7) is 2.39. The van der Waals surface area contributed by atoms with Gasteiger partial charge in [0.25, 0.3) is 5.91 Å². The summed E-state index contributed by atoms with van der Waals surface area (Å²) in [7, 11) is 0. The summed E-state index contributed by atoms with van der Waals surface area (Å²) >= 11 is 0. The van der Waals surface area contributed by atoms with E-state index >= 15 is 0 Å². The Morgan fingerprint density at radius 1 is 1.16 bits per heavy atom. The van der Waals surface area contributed by atoms with Crippen molar-refractivity contribution in [2.75, 3.05) is 13.2 Å². The van der Waals surface area contributed by atoms with E-state index in [0.717, 1.165) is 19.3 Å². The lowest BCUT2D eigenvalue weighted by molar-refractivity contribution is -0.121. The van der Waals surface area contributed by atoms with E-state index in [0.29, 0.717) is 17.9 Å². The minimum absolute atomic E-state index is 0.363. The topological polar surface area (TPSA) is 78.6 Å². The van der Waals surface area contributed by atoms with Gasteiger partial charge in [-0.3, -0.25) is 4.79 Å². The van der Waals surface area contributed by atoms with Crippen LogP contribution in [0.4, 0.5) is 0 Å². The number of primary amides is 1. The molecule has 1 amide bonds. The first-order valence-corrected chi connectivity index (χ1v) is 6.31. The lowest BCUT2D eigenvalue weighted by Gasteiger charge is -2.06. The first-order chi connectivity index (χ1) is 9.13. The van der Waals surface area contributed by atoms with Crippen LogP contribution in [0.5, 0.6) is 5.75 Å². The molecule has 0 aliphatic carbocycles. The van der Waals surface area contributed by atoms with Crippen molar-refractivity contribution < 1.29 is 19.1 Å². The number of esters is 1. The van der Waals surface area contributed by atoms with E-state index in [9.17, 15) is 9.59 Å². The molecule has 0 aliphatic rings. The molecule has 0 heterocycles. The fourth-order valence-corrected chi connectivity index (χ4v) is 1.45. The Labute approximate surface area is 112 Å². The zero-order chi connectivity index (χ0) is 14.1. The van der Waals surface area contributed by atoms with Gasteiger partial charge in [-0.05, 0) is 30.7 Å². The SMILES string of the molecule is CCCCCOc1ccc(C(=O)OCC(N)=O)cc1. The van der Waals surface area contributed by atoms with Gasteiger partial charge >= 0.3 is 5.97 Å². The highest BCUT2D eigenvalue weighted by atomic mass is 16.5. The third-order valence-electron chi connectivity index (χ3n) is 2.45. The summed E-state index contributed by atoms with van der Waals surface area (Å²) in [5.41, 5.74) is 5.25. The monoisotopic (exact) mass is 265 g/mol. The number of unbranched alkanes of at least 4 members (excludes halogenated alkanes) is 2. The van der Waals surface area contributed by atoms with Gasteiger partial charge in [-0.2, -0.15) is 0 Å². The number of amides is 1. The molecule has 2 N–H and O–H groups in total. The normalized spacial score (nSPS) is 9.95. The second kappa shape index (κ2) is 8.13. The average molecular weight is 265 g/mol. The number of rotatable bonds is 8. The van der Waals surface area contributed by atoms with Gasteiger partial charge in [0.2, 0.25) is 0 Å². The van der Waals surface area contributed by atoms with Gasteiger partial charge in [-0.25, -0.2) is 4.79 Å². The summed E-state index contributed by atoms with van der Waals surface area (Å²) < 4.78 is 10.2. The number of hydrogen-bond acceptors (Lipinski definition) is 4. The molecule has 0 atom stereocenters. The second-order valence-electron chi connectivity index (χ2n) is 4.12. The Balaban J connectivity index is 2.42. The Kier molecular flexibility index (Phi) is 6.43. The molecule has 19 heavy (non-hydrogen) atoms. The Hall–Kier alpha value is -2.04. The number of carbonyl (C=O) groups is 2. The van der Waals surface area contributed by atoms with Crippen LogP contribution in [0.15, 0.2) is 24.3 Å². The summed E-state index contributed by atoms with van der Waals surface area (Å²) in [6, 6.07) is 6.59. The summed E-state index contributed by atoms with van der Waals surface area (Å²) in [4.78, 5) is 22.0. The lowest BCUT2D eigenvalue weighted by Crippen LogP contribution is -2.20. The molecule has 0 saturated carbocycles. The zero-order valence-electron chi connectivity index (χ0n) is 11.1. The molecule has 0 bridgehead atoms. The third-order valence-corrected chi connectivity index (χ3v) is 2.45. The molecular weight excluding hydrogens is 246 g/mol. The van der Waals surface area contributed by atoms with Crippen molar-refractivity contribution in [1.29, 1.82) is 0 Å². The number of benzene rings is 1. The standard InChI is InChI=1S/C14H19NO4/c1-2-3-4-9-18-12-7-5-11(6-8-12)14(17)19-10-13(15)16/h5-8H,2-4,9-10H2,1H3,(H2,15,16). The quantitative estimate of drug-likeness (QED) is 0.575. The van der Waals surface area contributed by atoms with E-state index in [2.05, 4.69) is 11.7 Å². The third kappa shape index (κ3) is 5.90. The van der Waals surface area contributed by atoms with Crippen LogP contribution in [0.3, 0.4) is 0 Å². The summed E-state index contributed by atoms with van der Waals surface area (Å²) in [5.74, 6) is -0.539. The fraction of sp³-hybridized carbons (Fsp3) is 0.429. The molecule has 5 nitrogen and oxygen atoms in total. The molecule has 0 aromatic heterocycles. The van der Waals surface area contributed by atoms with Crippen LogP contribution < -0.4 is 10.5 Å². The number of ether oxygens (including phenoxy) is 2. The zero-order valence-corrected chi connectivity index (χ0v) is 11.1. The van der Waals surface area contributed by atoms with Gasteiger partial charge in [0, 0.05) is 0 Å². The molecule has 0 fully saturated rings. The molecule has 1 rings (SSSR count). The Morgan fingerprint density at radius 3 is 2.42 bits per heavy atom. The molecule has 104 valence electrons. The van der Waals surface area contributed by atoms with Gasteiger partial charge in [0.15, 0.2) is 6.61 Å². The Bertz CT molecular complexity index is 414. The van der Waals surface area contributed by atoms with Crippen molar-refractivity contribution in [1.82, 2.24) is 0 Å². The highest BCUT2D eigenvalue weighted by Crippen LogP contribution is 2.13. The first-order valence-electron chi connectivity index (χ1n) is 6.31. The van der Waals surface area contributed by atoms with Crippen molar-refractivity contribution in [3.63, 3.8) is 0 Å². The van der Waals surface area contributed by atoms with E-state index in [1.807, 2.05) is 0 Å². The molecule has 0 saturated heterocycles. The van der Waals surface area contributed by atoms with Crippen molar-refractivity contribution >= 4 is 11.9 Å². The van der Waals surface area contributed by atoms with E-state index in [1.165, 1.54) is 0 Å². The molecule has 0 aliphatic heterocycles. The fourth-order valence-electron chi connectivity index (χ4n) is 1.45. The van der Waals surface area contributed by atoms with Gasteiger partial charge in [0.05, 0.1) is 12.2 Å². The smallest absolute Gasteiger partial charge is 0.338 e. The van der Waals surface area contributed by atoms with E-state index in [-0.39, 0.29) is 0 Å². The first kappa shape index (κ1) is 15.0. The number of hydrogen-bond donors (Lipinski definition) is 1. The largest absolute Gasteiger partial charge is 0.494 e. The van der Waals surface area contributed by atoms with Crippen molar-refractivity contribution in [2.24, 2.45) is 5.73 Å². The van der Waals surface area contributed by atoms with Crippen LogP contribution >= 0.6 is 0 Å². The maximum Gasteiger partial charge on any atom is 0.338 e. The maximum absolute atomic E-state index is 11.5. The van der Waals surface area contributed by atoms with Crippen LogP contribution in [0.2, 0.25) is 0 Å². The Morgan fingerprint density at radius 2 is 1.84 bits per heavy atom. The van der Waals surface area contributed by atoms with Gasteiger partial charge in [-0.15, -0.1) is 0 Å². The summed E-state index contributed by atoms with van der Waals surface area (Å²) in [5, 5.41) is 0. The van der Waals surface area contributed by atoms with Crippen molar-refractivity contribution in [2.45, 2.75) is 26.2 Å². The molecular formula is C14H19NO4. The molecule has 0 spiro atoms. The predicted octanol–water partition coefficient (Wildman–Crippen LogP) is 1.90. The lowest BCUT2D eigenvalue weighted by atomic mass is 10.2. The van der Waals surface area contributed by atoms with Crippen LogP contribution in [0.1, 0.15) is 36.5 Å². The minimum atomic E-state index is -0.677. The van der Waals surface area contributed by atoms with Crippen LogP contribution in [0.25, 0.3) is 0 Å². The molecule has 1 aromatic rings. The van der Waals surface area contributed by atoms with E-state index in [4.69, 9.17) is 10.5 Å². The number of carbonyl (C=O) groups excluding carboxylic acids is 2. The summed E-state index contributed by atoms with van der Waals surface area (Å²) in [6.07, 6.45) is 3.30. The highest BCUT2D eigenvalue weighted by molar-refractivity contribution is 5.91. The van der Waals surface area contributed by atoms with Gasteiger partial charge < -0.3 is 15.2 Å².